The molecule has 2 unspecified atom stereocenters. The van der Waals surface area contributed by atoms with E-state index < -0.39 is 16.8 Å². The van der Waals surface area contributed by atoms with Crippen LogP contribution in [0.15, 0.2) is 121 Å². The van der Waals surface area contributed by atoms with Gasteiger partial charge in [0, 0.05) is 22.3 Å². The first-order valence-electron chi connectivity index (χ1n) is 19.4. The molecule has 0 bridgehead atoms. The van der Waals surface area contributed by atoms with Gasteiger partial charge in [0.2, 0.25) is 0 Å². The fourth-order valence-electron chi connectivity index (χ4n) is 6.96. The Hall–Kier alpha value is -4.62. The normalized spacial score (nSPS) is 12.9. The van der Waals surface area contributed by atoms with E-state index in [-0.39, 0.29) is 10.8 Å². The molecule has 0 aliphatic heterocycles. The molecule has 0 saturated heterocycles. The van der Waals surface area contributed by atoms with Crippen molar-refractivity contribution in [3.05, 3.63) is 166 Å². The summed E-state index contributed by atoms with van der Waals surface area (Å²) in [5.74, 6) is 3.27. The molecule has 56 heavy (non-hydrogen) atoms. The van der Waals surface area contributed by atoms with Gasteiger partial charge in [-0.2, -0.15) is 0 Å². The predicted molar refractivity (Wildman–Crippen MR) is 239 cm³/mol. The SMILES string of the molecule is Cc1cc(C)c(OP(Oc2c(C)cccc2C(C)(C)C)c2ccccc2)c(-c2cc(C)cc(C)c2OP(Oc2c(C)cccc2C(C)(C)C)c2ccccc2)c1. The van der Waals surface area contributed by atoms with Gasteiger partial charge in [0.15, 0.2) is 0 Å². The van der Waals surface area contributed by atoms with Crippen LogP contribution in [-0.2, 0) is 10.8 Å². The second-order valence-electron chi connectivity index (χ2n) is 16.9. The zero-order valence-corrected chi connectivity index (χ0v) is 36.9. The summed E-state index contributed by atoms with van der Waals surface area (Å²) >= 11 is 0. The van der Waals surface area contributed by atoms with Crippen LogP contribution in [0.1, 0.15) is 86.1 Å². The average molecular weight is 783 g/mol. The summed E-state index contributed by atoms with van der Waals surface area (Å²) in [7, 11) is -3.22. The van der Waals surface area contributed by atoms with Crippen LogP contribution in [0.4, 0.5) is 0 Å². The van der Waals surface area contributed by atoms with Gasteiger partial charge < -0.3 is 18.1 Å². The van der Waals surface area contributed by atoms with E-state index in [2.05, 4.69) is 168 Å². The highest BCUT2D eigenvalue weighted by Gasteiger charge is 2.30. The Morgan fingerprint density at radius 3 is 1.04 bits per heavy atom. The molecule has 0 spiro atoms. The standard InChI is InChI=1S/C50H56O4P2/c1-33-29-37(5)45(51-55(39-23-15-13-16-24-39)53-47-35(3)21-19-27-43(47)49(7,8)9)41(31-33)42-32-34(2)30-38(6)46(42)52-56(40-25-17-14-18-26-40)54-48-36(4)22-20-28-44(48)50(10,11)12/h13-32H,1-12H3. The number of para-hydroxylation sites is 2. The molecular formula is C50H56O4P2. The van der Waals surface area contributed by atoms with E-state index in [4.69, 9.17) is 18.1 Å². The van der Waals surface area contributed by atoms with Gasteiger partial charge in [0.05, 0.1) is 10.6 Å². The predicted octanol–water partition coefficient (Wildman–Crippen LogP) is 14.0. The Bertz CT molecular complexity index is 2140. The first kappa shape index (κ1) is 41.0. The molecule has 0 N–H and O–H groups in total. The van der Waals surface area contributed by atoms with Crippen molar-refractivity contribution in [3.63, 3.8) is 0 Å². The lowest BCUT2D eigenvalue weighted by atomic mass is 9.85. The van der Waals surface area contributed by atoms with Crippen LogP contribution in [-0.4, -0.2) is 0 Å². The highest BCUT2D eigenvalue weighted by Crippen LogP contribution is 2.52. The summed E-state index contributed by atoms with van der Waals surface area (Å²) in [6, 6.07) is 42.2. The zero-order valence-electron chi connectivity index (χ0n) is 35.1. The van der Waals surface area contributed by atoms with Crippen LogP contribution < -0.4 is 28.7 Å². The molecule has 0 heterocycles. The number of aryl methyl sites for hydroxylation is 6. The van der Waals surface area contributed by atoms with Crippen molar-refractivity contribution in [1.82, 2.24) is 0 Å². The second-order valence-corrected chi connectivity index (χ2v) is 19.7. The fourth-order valence-corrected chi connectivity index (χ4v) is 9.92. The average Bonchev–Trinajstić information content (AvgIpc) is 3.13. The lowest BCUT2D eigenvalue weighted by molar-refractivity contribution is 0.475. The van der Waals surface area contributed by atoms with Crippen molar-refractivity contribution in [2.45, 2.75) is 93.9 Å². The first-order valence-corrected chi connectivity index (χ1v) is 21.7. The molecule has 0 radical (unpaired) electrons. The molecule has 6 rings (SSSR count). The zero-order chi connectivity index (χ0) is 40.4. The van der Waals surface area contributed by atoms with Crippen molar-refractivity contribution in [3.8, 4) is 34.1 Å². The van der Waals surface area contributed by atoms with Gasteiger partial charge in [0.1, 0.15) is 23.0 Å². The molecule has 0 fully saturated rings. The largest absolute Gasteiger partial charge is 0.435 e. The molecule has 0 amide bonds. The molecule has 0 aromatic heterocycles. The van der Waals surface area contributed by atoms with Crippen molar-refractivity contribution in [2.75, 3.05) is 0 Å². The Labute approximate surface area is 338 Å². The second kappa shape index (κ2) is 16.9. The number of benzene rings is 6. The molecule has 4 nitrogen and oxygen atoms in total. The quantitative estimate of drug-likeness (QED) is 0.123. The van der Waals surface area contributed by atoms with E-state index in [9.17, 15) is 0 Å². The number of hydrogen-bond acceptors (Lipinski definition) is 4. The third-order valence-electron chi connectivity index (χ3n) is 9.80. The van der Waals surface area contributed by atoms with Crippen LogP contribution >= 0.6 is 16.8 Å². The minimum absolute atomic E-state index is 0.125. The summed E-state index contributed by atoms with van der Waals surface area (Å²) in [4.78, 5) is 0. The minimum atomic E-state index is -1.61. The fraction of sp³-hybridized carbons (Fsp3) is 0.280. The summed E-state index contributed by atoms with van der Waals surface area (Å²) in [6.07, 6.45) is 0. The van der Waals surface area contributed by atoms with Crippen molar-refractivity contribution >= 4 is 27.4 Å². The third-order valence-corrected chi connectivity index (χ3v) is 12.6. The number of rotatable bonds is 11. The van der Waals surface area contributed by atoms with Gasteiger partial charge in [0.25, 0.3) is 0 Å². The van der Waals surface area contributed by atoms with Gasteiger partial charge in [-0.1, -0.05) is 126 Å². The molecule has 0 aliphatic rings. The monoisotopic (exact) mass is 782 g/mol. The van der Waals surface area contributed by atoms with Crippen LogP contribution in [0, 0.1) is 41.5 Å². The molecule has 2 atom stereocenters. The van der Waals surface area contributed by atoms with E-state index in [0.29, 0.717) is 0 Å². The Morgan fingerprint density at radius 1 is 0.357 bits per heavy atom. The van der Waals surface area contributed by atoms with Gasteiger partial charge in [-0.25, -0.2) is 0 Å². The smallest absolute Gasteiger partial charge is 0.326 e. The van der Waals surface area contributed by atoms with Crippen molar-refractivity contribution < 1.29 is 18.1 Å². The molecule has 290 valence electrons. The van der Waals surface area contributed by atoms with Crippen molar-refractivity contribution in [2.24, 2.45) is 0 Å². The molecule has 6 aromatic rings. The molecular weight excluding hydrogens is 726 g/mol. The summed E-state index contributed by atoms with van der Waals surface area (Å²) in [5, 5.41) is 1.98. The van der Waals surface area contributed by atoms with Crippen LogP contribution in [0.25, 0.3) is 11.1 Å². The summed E-state index contributed by atoms with van der Waals surface area (Å²) in [6.45, 7) is 26.1. The maximum Gasteiger partial charge on any atom is 0.326 e. The van der Waals surface area contributed by atoms with E-state index in [1.807, 2.05) is 36.4 Å². The third kappa shape index (κ3) is 9.32. The van der Waals surface area contributed by atoms with Crippen molar-refractivity contribution in [1.29, 1.82) is 0 Å². The summed E-state index contributed by atoms with van der Waals surface area (Å²) < 4.78 is 28.7. The highest BCUT2D eigenvalue weighted by atomic mass is 31.2. The summed E-state index contributed by atoms with van der Waals surface area (Å²) in [5.41, 5.74) is 10.4. The van der Waals surface area contributed by atoms with Gasteiger partial charge in [-0.3, -0.25) is 0 Å². The lowest BCUT2D eigenvalue weighted by Crippen LogP contribution is -2.17. The van der Waals surface area contributed by atoms with E-state index >= 15 is 0 Å². The van der Waals surface area contributed by atoms with Gasteiger partial charge in [-0.05, 0) is 122 Å². The van der Waals surface area contributed by atoms with E-state index in [1.165, 1.54) is 0 Å². The van der Waals surface area contributed by atoms with Gasteiger partial charge in [-0.15, -0.1) is 0 Å². The topological polar surface area (TPSA) is 36.9 Å². The Morgan fingerprint density at radius 2 is 0.696 bits per heavy atom. The van der Waals surface area contributed by atoms with E-state index in [0.717, 1.165) is 89.2 Å². The van der Waals surface area contributed by atoms with Gasteiger partial charge >= 0.3 is 16.8 Å². The Kier molecular flexibility index (Phi) is 12.3. The lowest BCUT2D eigenvalue weighted by Gasteiger charge is -2.29. The van der Waals surface area contributed by atoms with Crippen LogP contribution in [0.3, 0.4) is 0 Å². The maximum absolute atomic E-state index is 7.25. The highest BCUT2D eigenvalue weighted by molar-refractivity contribution is 7.57. The Balaban J connectivity index is 1.50. The van der Waals surface area contributed by atoms with Crippen LogP contribution in [0.5, 0.6) is 23.0 Å². The maximum atomic E-state index is 7.25. The number of hydrogen-bond donors (Lipinski definition) is 0. The first-order chi connectivity index (χ1) is 26.5. The molecule has 6 heteroatoms. The minimum Gasteiger partial charge on any atom is -0.435 e. The molecule has 0 saturated carbocycles. The molecule has 6 aromatic carbocycles. The van der Waals surface area contributed by atoms with E-state index in [1.54, 1.807) is 0 Å². The molecule has 0 aliphatic carbocycles. The van der Waals surface area contributed by atoms with Crippen LogP contribution in [0.2, 0.25) is 0 Å².